The molecule has 27 heavy (non-hydrogen) atoms. The maximum absolute atomic E-state index is 13.0. The number of hydrogen-bond acceptors (Lipinski definition) is 3. The molecule has 1 aliphatic rings. The molecule has 0 bridgehead atoms. The molecule has 1 atom stereocenters. The maximum atomic E-state index is 13.0. The number of amides is 1. The number of sulfonamides is 1. The van der Waals surface area contributed by atoms with Crippen molar-refractivity contribution in [1.29, 1.82) is 0 Å². The largest absolute Gasteiger partial charge is 0.322 e. The van der Waals surface area contributed by atoms with Gasteiger partial charge in [0.25, 0.3) is 5.91 Å². The third kappa shape index (κ3) is 4.39. The molecule has 5 nitrogen and oxygen atoms in total. The number of rotatable bonds is 5. The molecule has 1 saturated heterocycles. The van der Waals surface area contributed by atoms with E-state index in [9.17, 15) is 13.2 Å². The summed E-state index contributed by atoms with van der Waals surface area (Å²) in [6, 6.07) is 13.8. The lowest BCUT2D eigenvalue weighted by atomic mass is 10.0. The summed E-state index contributed by atoms with van der Waals surface area (Å²) in [5.74, 6) is -0.212. The van der Waals surface area contributed by atoms with E-state index in [1.165, 1.54) is 0 Å². The number of aryl methyl sites for hydroxylation is 1. The average molecular weight is 387 g/mol. The van der Waals surface area contributed by atoms with Crippen molar-refractivity contribution in [2.45, 2.75) is 50.5 Å². The first-order valence-corrected chi connectivity index (χ1v) is 10.9. The smallest absolute Gasteiger partial charge is 0.255 e. The summed E-state index contributed by atoms with van der Waals surface area (Å²) in [6.07, 6.45) is 3.72. The summed E-state index contributed by atoms with van der Waals surface area (Å²) < 4.78 is 27.6. The molecular weight excluding hydrogens is 360 g/mol. The van der Waals surface area contributed by atoms with Gasteiger partial charge >= 0.3 is 0 Å². The second-order valence-electron chi connectivity index (χ2n) is 7.02. The van der Waals surface area contributed by atoms with E-state index in [-0.39, 0.29) is 16.8 Å². The van der Waals surface area contributed by atoms with Gasteiger partial charge in [0.1, 0.15) is 0 Å². The Kier molecular flexibility index (Phi) is 5.97. The lowest BCUT2D eigenvalue weighted by molar-refractivity contribution is 0.102. The highest BCUT2D eigenvalue weighted by molar-refractivity contribution is 7.89. The number of carbonyl (C=O) groups excluding carboxylic acids is 1. The Bertz CT molecular complexity index is 907. The van der Waals surface area contributed by atoms with Gasteiger partial charge in [0.2, 0.25) is 10.0 Å². The van der Waals surface area contributed by atoms with E-state index in [2.05, 4.69) is 5.32 Å². The Morgan fingerprint density at radius 2 is 1.89 bits per heavy atom. The average Bonchev–Trinajstić information content (AvgIpc) is 2.68. The van der Waals surface area contributed by atoms with Crippen LogP contribution in [0.4, 0.5) is 5.69 Å². The highest BCUT2D eigenvalue weighted by Gasteiger charge is 2.32. The highest BCUT2D eigenvalue weighted by Crippen LogP contribution is 2.27. The van der Waals surface area contributed by atoms with Gasteiger partial charge in [-0.05, 0) is 62.6 Å². The number of anilines is 1. The van der Waals surface area contributed by atoms with Crippen LogP contribution < -0.4 is 5.32 Å². The van der Waals surface area contributed by atoms with Crippen molar-refractivity contribution in [3.63, 3.8) is 0 Å². The van der Waals surface area contributed by atoms with E-state index in [1.54, 1.807) is 34.6 Å². The van der Waals surface area contributed by atoms with Crippen LogP contribution in [0, 0.1) is 6.92 Å². The van der Waals surface area contributed by atoms with Crippen LogP contribution in [0.2, 0.25) is 0 Å². The van der Waals surface area contributed by atoms with Gasteiger partial charge in [0, 0.05) is 23.8 Å². The van der Waals surface area contributed by atoms with Crippen molar-refractivity contribution in [1.82, 2.24) is 4.31 Å². The first-order chi connectivity index (χ1) is 12.9. The second-order valence-corrected chi connectivity index (χ2v) is 8.91. The molecule has 1 N–H and O–H groups in total. The maximum Gasteiger partial charge on any atom is 0.255 e. The van der Waals surface area contributed by atoms with Crippen LogP contribution >= 0.6 is 0 Å². The minimum atomic E-state index is -3.51. The molecule has 1 amide bonds. The molecule has 1 heterocycles. The molecule has 0 radical (unpaired) electrons. The molecule has 0 unspecified atom stereocenters. The van der Waals surface area contributed by atoms with Gasteiger partial charge in [0.15, 0.2) is 0 Å². The monoisotopic (exact) mass is 386 g/mol. The predicted octanol–water partition coefficient (Wildman–Crippen LogP) is 4.20. The summed E-state index contributed by atoms with van der Waals surface area (Å²) in [5.41, 5.74) is 2.16. The van der Waals surface area contributed by atoms with Crippen molar-refractivity contribution in [2.24, 2.45) is 0 Å². The molecule has 1 fully saturated rings. The van der Waals surface area contributed by atoms with Crippen LogP contribution in [0.5, 0.6) is 0 Å². The molecule has 2 aromatic rings. The third-order valence-electron chi connectivity index (χ3n) is 5.04. The number of piperidine rings is 1. The summed E-state index contributed by atoms with van der Waals surface area (Å²) in [4.78, 5) is 12.6. The lowest BCUT2D eigenvalue weighted by Gasteiger charge is -2.34. The van der Waals surface area contributed by atoms with Gasteiger partial charge in [-0.2, -0.15) is 4.31 Å². The van der Waals surface area contributed by atoms with Gasteiger partial charge in [-0.1, -0.05) is 31.0 Å². The quantitative estimate of drug-likeness (QED) is 0.837. The fourth-order valence-corrected chi connectivity index (χ4v) is 5.30. The van der Waals surface area contributed by atoms with Crippen molar-refractivity contribution in [2.75, 3.05) is 11.9 Å². The molecular formula is C21H26N2O3S. The third-order valence-corrected chi connectivity index (χ3v) is 7.01. The van der Waals surface area contributed by atoms with Crippen molar-refractivity contribution < 1.29 is 13.2 Å². The Morgan fingerprint density at radius 3 is 2.56 bits per heavy atom. The van der Waals surface area contributed by atoms with E-state index in [0.29, 0.717) is 17.8 Å². The summed E-state index contributed by atoms with van der Waals surface area (Å²) in [6.45, 7) is 4.54. The number of carbonyl (C=O) groups is 1. The van der Waals surface area contributed by atoms with Gasteiger partial charge < -0.3 is 5.32 Å². The summed E-state index contributed by atoms with van der Waals surface area (Å²) >= 11 is 0. The molecule has 3 rings (SSSR count). The van der Waals surface area contributed by atoms with E-state index < -0.39 is 10.0 Å². The zero-order valence-electron chi connectivity index (χ0n) is 15.8. The van der Waals surface area contributed by atoms with Gasteiger partial charge in [-0.3, -0.25) is 4.79 Å². The minimum absolute atomic E-state index is 0.0736. The molecule has 144 valence electrons. The number of benzene rings is 2. The number of nitrogens with one attached hydrogen (secondary N) is 1. The predicted molar refractivity (Wildman–Crippen MR) is 107 cm³/mol. The summed E-state index contributed by atoms with van der Waals surface area (Å²) in [7, 11) is -3.51. The zero-order valence-corrected chi connectivity index (χ0v) is 16.6. The Hall–Kier alpha value is -2.18. The highest BCUT2D eigenvalue weighted by atomic mass is 32.2. The molecule has 0 aromatic heterocycles. The van der Waals surface area contributed by atoms with Crippen LogP contribution in [0.1, 0.15) is 48.5 Å². The van der Waals surface area contributed by atoms with Crippen molar-refractivity contribution in [3.05, 3.63) is 59.7 Å². The van der Waals surface area contributed by atoms with E-state index in [4.69, 9.17) is 0 Å². The Labute approximate surface area is 161 Å². The Balaban J connectivity index is 1.75. The Morgan fingerprint density at radius 1 is 1.15 bits per heavy atom. The van der Waals surface area contributed by atoms with Crippen LogP contribution in [0.25, 0.3) is 0 Å². The molecule has 2 aromatic carbocycles. The van der Waals surface area contributed by atoms with Gasteiger partial charge in [0.05, 0.1) is 4.90 Å². The molecule has 0 aliphatic carbocycles. The lowest BCUT2D eigenvalue weighted by Crippen LogP contribution is -2.43. The second kappa shape index (κ2) is 8.23. The normalized spacial score (nSPS) is 18.2. The van der Waals surface area contributed by atoms with E-state index in [0.717, 1.165) is 31.2 Å². The molecule has 1 aliphatic heterocycles. The topological polar surface area (TPSA) is 66.5 Å². The number of nitrogens with zero attached hydrogens (tertiary/aromatic N) is 1. The fraction of sp³-hybridized carbons (Fsp3) is 0.381. The fourth-order valence-electron chi connectivity index (χ4n) is 3.53. The van der Waals surface area contributed by atoms with Crippen LogP contribution in [-0.2, 0) is 10.0 Å². The van der Waals surface area contributed by atoms with E-state index >= 15 is 0 Å². The molecule has 0 spiro atoms. The first-order valence-electron chi connectivity index (χ1n) is 9.41. The van der Waals surface area contributed by atoms with Gasteiger partial charge in [-0.15, -0.1) is 0 Å². The van der Waals surface area contributed by atoms with E-state index in [1.807, 2.05) is 32.0 Å². The SMILES string of the molecule is CC[C@H]1CCCCN1S(=O)(=O)c1ccc(NC(=O)c2cccc(C)c2)cc1. The van der Waals surface area contributed by atoms with Crippen LogP contribution in [0.15, 0.2) is 53.4 Å². The number of hydrogen-bond donors (Lipinski definition) is 1. The summed E-state index contributed by atoms with van der Waals surface area (Å²) in [5, 5.41) is 2.82. The molecule has 6 heteroatoms. The van der Waals surface area contributed by atoms with Crippen LogP contribution in [0.3, 0.4) is 0 Å². The van der Waals surface area contributed by atoms with Gasteiger partial charge in [-0.25, -0.2) is 8.42 Å². The van der Waals surface area contributed by atoms with Crippen LogP contribution in [-0.4, -0.2) is 31.2 Å². The molecule has 0 saturated carbocycles. The first kappa shape index (κ1) is 19.6. The zero-order chi connectivity index (χ0) is 19.4. The van der Waals surface area contributed by atoms with Crippen molar-refractivity contribution in [3.8, 4) is 0 Å². The standard InChI is InChI=1S/C21H26N2O3S/c1-3-19-9-4-5-14-23(19)27(25,26)20-12-10-18(11-13-20)22-21(24)17-8-6-7-16(2)15-17/h6-8,10-13,15,19H,3-5,9,14H2,1-2H3,(H,22,24)/t19-/m0/s1. The van der Waals surface area contributed by atoms with Crippen molar-refractivity contribution >= 4 is 21.6 Å². The minimum Gasteiger partial charge on any atom is -0.322 e.